The van der Waals surface area contributed by atoms with Crippen molar-refractivity contribution in [1.82, 2.24) is 10.2 Å². The first-order chi connectivity index (χ1) is 9.20. The van der Waals surface area contributed by atoms with Gasteiger partial charge in [0.25, 0.3) is 0 Å². The van der Waals surface area contributed by atoms with Crippen LogP contribution in [0.2, 0.25) is 0 Å². The minimum atomic E-state index is -0.148. The molecule has 1 N–H and O–H groups in total. The van der Waals surface area contributed by atoms with Crippen LogP contribution < -0.4 is 5.32 Å². The van der Waals surface area contributed by atoms with E-state index in [0.717, 1.165) is 25.9 Å². The van der Waals surface area contributed by atoms with E-state index >= 15 is 0 Å². The number of amides is 2. The molecule has 2 rings (SSSR count). The van der Waals surface area contributed by atoms with Crippen molar-refractivity contribution in [2.24, 2.45) is 0 Å². The Morgan fingerprint density at radius 3 is 1.84 bits per heavy atom. The minimum Gasteiger partial charge on any atom is -0.347 e. The molecule has 1 aromatic rings. The normalized spacial score (nSPS) is 14.1. The fraction of sp³-hybridized carbons (Fsp3) is 0.467. The maximum absolute atomic E-state index is 11.4. The van der Waals surface area contributed by atoms with Gasteiger partial charge in [-0.1, -0.05) is 36.4 Å². The molecule has 0 atom stereocenters. The lowest BCUT2D eigenvalue weighted by Crippen LogP contribution is -2.42. The second-order valence-electron chi connectivity index (χ2n) is 4.51. The van der Waals surface area contributed by atoms with Gasteiger partial charge in [-0.3, -0.25) is 9.59 Å². The Balaban J connectivity index is 0.000000250. The molecule has 0 aromatic heterocycles. The molecule has 1 saturated heterocycles. The van der Waals surface area contributed by atoms with Crippen LogP contribution in [0.25, 0.3) is 0 Å². The second-order valence-corrected chi connectivity index (χ2v) is 4.51. The molecule has 0 unspecified atom stereocenters. The largest absolute Gasteiger partial charge is 0.347 e. The van der Waals surface area contributed by atoms with E-state index in [4.69, 9.17) is 0 Å². The van der Waals surface area contributed by atoms with E-state index in [1.165, 1.54) is 13.3 Å². The highest BCUT2D eigenvalue weighted by Gasteiger charge is 2.15. The first-order valence-corrected chi connectivity index (χ1v) is 6.72. The fourth-order valence-electron chi connectivity index (χ4n) is 1.84. The lowest BCUT2D eigenvalue weighted by atomic mass is 10.1. The number of likely N-dealkylation sites (tertiary alicyclic amines) is 1. The van der Waals surface area contributed by atoms with Gasteiger partial charge < -0.3 is 10.2 Å². The van der Waals surface area contributed by atoms with E-state index in [1.54, 1.807) is 0 Å². The van der Waals surface area contributed by atoms with Crippen LogP contribution in [0.4, 0.5) is 0 Å². The zero-order chi connectivity index (χ0) is 13.9. The molecule has 4 heteroatoms. The zero-order valence-corrected chi connectivity index (χ0v) is 11.5. The molecule has 0 radical (unpaired) electrons. The molecule has 104 valence electrons. The van der Waals surface area contributed by atoms with E-state index in [1.807, 2.05) is 41.3 Å². The van der Waals surface area contributed by atoms with Crippen LogP contribution in [0.5, 0.6) is 0 Å². The molecular formula is C15H22N2O2. The number of nitrogens with zero attached hydrogens (tertiary/aromatic N) is 1. The summed E-state index contributed by atoms with van der Waals surface area (Å²) in [6, 6.07) is 12.0. The van der Waals surface area contributed by atoms with Gasteiger partial charge in [0.05, 0.1) is 6.54 Å². The molecule has 0 spiro atoms. The van der Waals surface area contributed by atoms with Crippen molar-refractivity contribution in [2.45, 2.75) is 26.2 Å². The Labute approximate surface area is 114 Å². The van der Waals surface area contributed by atoms with E-state index in [9.17, 15) is 9.59 Å². The number of carbonyl (C=O) groups is 2. The number of carbonyl (C=O) groups excluding carboxylic acids is 2. The van der Waals surface area contributed by atoms with Crippen LogP contribution in [-0.2, 0) is 9.59 Å². The smallest absolute Gasteiger partial charge is 0.241 e. The number of benzene rings is 1. The molecule has 0 saturated carbocycles. The van der Waals surface area contributed by atoms with Crippen LogP contribution in [0.15, 0.2) is 36.4 Å². The topological polar surface area (TPSA) is 49.4 Å². The average molecular weight is 262 g/mol. The van der Waals surface area contributed by atoms with Crippen LogP contribution in [-0.4, -0.2) is 36.3 Å². The van der Waals surface area contributed by atoms with Gasteiger partial charge in [-0.15, -0.1) is 0 Å². The summed E-state index contributed by atoms with van der Waals surface area (Å²) >= 11 is 0. The highest BCUT2D eigenvalue weighted by molar-refractivity contribution is 5.83. The first-order valence-electron chi connectivity index (χ1n) is 6.72. The van der Waals surface area contributed by atoms with Crippen molar-refractivity contribution in [3.8, 4) is 0 Å². The molecule has 0 aliphatic carbocycles. The SMILES string of the molecule is CC(=O)NCC(=O)N1CCCCC1.c1ccccc1. The summed E-state index contributed by atoms with van der Waals surface area (Å²) in [4.78, 5) is 23.8. The van der Waals surface area contributed by atoms with Gasteiger partial charge in [-0.05, 0) is 19.3 Å². The Hall–Kier alpha value is -1.84. The standard InChI is InChI=1S/C9H16N2O2.C6H6/c1-8(12)10-7-9(13)11-5-3-2-4-6-11;1-2-4-6-5-3-1/h2-7H2,1H3,(H,10,12);1-6H. The monoisotopic (exact) mass is 262 g/mol. The van der Waals surface area contributed by atoms with Gasteiger partial charge in [-0.2, -0.15) is 0 Å². The zero-order valence-electron chi connectivity index (χ0n) is 11.5. The van der Waals surface area contributed by atoms with Crippen molar-refractivity contribution in [3.05, 3.63) is 36.4 Å². The molecule has 1 aliphatic rings. The summed E-state index contributed by atoms with van der Waals surface area (Å²) in [5.74, 6) is -0.111. The number of nitrogens with one attached hydrogen (secondary N) is 1. The predicted octanol–water partition coefficient (Wildman–Crippen LogP) is 1.82. The molecule has 4 nitrogen and oxygen atoms in total. The maximum atomic E-state index is 11.4. The molecule has 1 aliphatic heterocycles. The Morgan fingerprint density at radius 1 is 0.947 bits per heavy atom. The number of rotatable bonds is 2. The third-order valence-electron chi connectivity index (χ3n) is 2.86. The Bertz CT molecular complexity index is 346. The average Bonchev–Trinajstić information content (AvgIpc) is 2.48. The van der Waals surface area contributed by atoms with Crippen LogP contribution >= 0.6 is 0 Å². The van der Waals surface area contributed by atoms with Crippen molar-refractivity contribution in [1.29, 1.82) is 0 Å². The molecular weight excluding hydrogens is 240 g/mol. The summed E-state index contributed by atoms with van der Waals surface area (Å²) in [6.07, 6.45) is 3.39. The highest BCUT2D eigenvalue weighted by Crippen LogP contribution is 2.07. The lowest BCUT2D eigenvalue weighted by molar-refractivity contribution is -0.133. The van der Waals surface area contributed by atoms with Gasteiger partial charge in [-0.25, -0.2) is 0 Å². The maximum Gasteiger partial charge on any atom is 0.241 e. The summed E-state index contributed by atoms with van der Waals surface area (Å²) in [6.45, 7) is 3.26. The van der Waals surface area contributed by atoms with Gasteiger partial charge in [0.1, 0.15) is 0 Å². The molecule has 1 heterocycles. The summed E-state index contributed by atoms with van der Waals surface area (Å²) in [5.41, 5.74) is 0. The van der Waals surface area contributed by atoms with Crippen molar-refractivity contribution in [2.75, 3.05) is 19.6 Å². The van der Waals surface area contributed by atoms with E-state index in [-0.39, 0.29) is 18.4 Å². The first kappa shape index (κ1) is 15.2. The second kappa shape index (κ2) is 9.14. The Morgan fingerprint density at radius 2 is 1.42 bits per heavy atom. The van der Waals surface area contributed by atoms with Crippen molar-refractivity contribution >= 4 is 11.8 Å². The number of piperidine rings is 1. The fourth-order valence-corrected chi connectivity index (χ4v) is 1.84. The third-order valence-corrected chi connectivity index (χ3v) is 2.86. The molecule has 0 bridgehead atoms. The van der Waals surface area contributed by atoms with Gasteiger partial charge >= 0.3 is 0 Å². The van der Waals surface area contributed by atoms with Crippen LogP contribution in [0.3, 0.4) is 0 Å². The molecule has 1 fully saturated rings. The van der Waals surface area contributed by atoms with Crippen LogP contribution in [0.1, 0.15) is 26.2 Å². The summed E-state index contributed by atoms with van der Waals surface area (Å²) in [7, 11) is 0. The number of hydrogen-bond acceptors (Lipinski definition) is 2. The van der Waals surface area contributed by atoms with E-state index in [0.29, 0.717) is 0 Å². The van der Waals surface area contributed by atoms with E-state index < -0.39 is 0 Å². The van der Waals surface area contributed by atoms with Gasteiger partial charge in [0, 0.05) is 20.0 Å². The Kier molecular flexibility index (Phi) is 7.32. The molecule has 2 amide bonds. The summed E-state index contributed by atoms with van der Waals surface area (Å²) in [5, 5.41) is 2.51. The molecule has 19 heavy (non-hydrogen) atoms. The van der Waals surface area contributed by atoms with Gasteiger partial charge in [0.2, 0.25) is 11.8 Å². The quantitative estimate of drug-likeness (QED) is 0.884. The van der Waals surface area contributed by atoms with Crippen molar-refractivity contribution in [3.63, 3.8) is 0 Å². The third kappa shape index (κ3) is 7.24. The van der Waals surface area contributed by atoms with Gasteiger partial charge in [0.15, 0.2) is 0 Å². The predicted molar refractivity (Wildman–Crippen MR) is 75.6 cm³/mol. The highest BCUT2D eigenvalue weighted by atomic mass is 16.2. The minimum absolute atomic E-state index is 0.0369. The molecule has 1 aromatic carbocycles. The lowest BCUT2D eigenvalue weighted by Gasteiger charge is -2.26. The van der Waals surface area contributed by atoms with Crippen molar-refractivity contribution < 1.29 is 9.59 Å². The number of hydrogen-bond donors (Lipinski definition) is 1. The summed E-state index contributed by atoms with van der Waals surface area (Å²) < 4.78 is 0. The van der Waals surface area contributed by atoms with E-state index in [2.05, 4.69) is 5.32 Å². The van der Waals surface area contributed by atoms with Crippen LogP contribution in [0, 0.1) is 0 Å².